The fraction of sp³-hybridized carbons (Fsp3) is 0.419. The first-order chi connectivity index (χ1) is 20.0. The molecule has 1 amide bonds. The number of allylic oxidation sites excluding steroid dienone is 3. The normalized spacial score (nSPS) is 23.0. The van der Waals surface area contributed by atoms with Crippen LogP contribution >= 0.6 is 0 Å². The van der Waals surface area contributed by atoms with Crippen LogP contribution in [0.1, 0.15) is 50.8 Å². The molecule has 0 bridgehead atoms. The van der Waals surface area contributed by atoms with Crippen molar-refractivity contribution in [2.75, 3.05) is 18.5 Å². The molecule has 1 fully saturated rings. The first-order valence-corrected chi connectivity index (χ1v) is 13.9. The van der Waals surface area contributed by atoms with Crippen LogP contribution in [0.4, 0.5) is 5.69 Å². The summed E-state index contributed by atoms with van der Waals surface area (Å²) in [4.78, 5) is 13.6. The Morgan fingerprint density at radius 3 is 2.50 bits per heavy atom. The van der Waals surface area contributed by atoms with Gasteiger partial charge < -0.3 is 46.3 Å². The Morgan fingerprint density at radius 1 is 1.07 bits per heavy atom. The number of carbonyl (C=O) groups excluding carboxylic acids is 1. The number of anilines is 1. The van der Waals surface area contributed by atoms with Crippen molar-refractivity contribution in [2.45, 2.75) is 70.4 Å². The Kier molecular flexibility index (Phi) is 12.1. The molecule has 9 N–H and O–H groups in total. The number of nitrogens with two attached hydrogens (primary N) is 1. The average Bonchev–Trinajstić information content (AvgIpc) is 2.96. The quantitative estimate of drug-likeness (QED) is 0.0993. The van der Waals surface area contributed by atoms with Gasteiger partial charge in [0.2, 0.25) is 12.2 Å². The number of aliphatic hydroxyl groups excluding tert-OH is 4. The van der Waals surface area contributed by atoms with Gasteiger partial charge in [-0.15, -0.1) is 0 Å². The lowest BCUT2D eigenvalue weighted by atomic mass is 9.99. The van der Waals surface area contributed by atoms with Gasteiger partial charge >= 0.3 is 0 Å². The van der Waals surface area contributed by atoms with Gasteiger partial charge in [-0.2, -0.15) is 0 Å². The van der Waals surface area contributed by atoms with E-state index in [-0.39, 0.29) is 17.5 Å². The van der Waals surface area contributed by atoms with Crippen LogP contribution in [0.2, 0.25) is 0 Å². The molecule has 0 saturated carbocycles. The molecule has 11 heteroatoms. The van der Waals surface area contributed by atoms with Gasteiger partial charge in [0.15, 0.2) is 0 Å². The fourth-order valence-electron chi connectivity index (χ4n) is 4.46. The number of nitrogens with one attached hydrogen (secondary N) is 3. The summed E-state index contributed by atoms with van der Waals surface area (Å²) in [7, 11) is 0. The summed E-state index contributed by atoms with van der Waals surface area (Å²) in [6, 6.07) is 12.4. The lowest BCUT2D eigenvalue weighted by Gasteiger charge is -2.39. The van der Waals surface area contributed by atoms with Crippen molar-refractivity contribution in [3.05, 3.63) is 83.0 Å². The van der Waals surface area contributed by atoms with Crippen LogP contribution in [0.25, 0.3) is 0 Å². The van der Waals surface area contributed by atoms with Gasteiger partial charge in [-0.1, -0.05) is 53.6 Å². The van der Waals surface area contributed by atoms with Gasteiger partial charge in [0, 0.05) is 23.4 Å². The molecule has 0 aliphatic carbocycles. The number of hydrogen-bond acceptors (Lipinski definition) is 9. The van der Waals surface area contributed by atoms with Gasteiger partial charge in [-0.05, 0) is 51.8 Å². The number of amidine groups is 1. The highest BCUT2D eigenvalue weighted by Crippen LogP contribution is 2.32. The van der Waals surface area contributed by atoms with Crippen molar-refractivity contribution in [2.24, 2.45) is 5.73 Å². The molecule has 1 aliphatic heterocycles. The van der Waals surface area contributed by atoms with Gasteiger partial charge in [0.25, 0.3) is 0 Å². The molecule has 42 heavy (non-hydrogen) atoms. The van der Waals surface area contributed by atoms with Crippen LogP contribution in [0.5, 0.6) is 5.75 Å². The van der Waals surface area contributed by atoms with E-state index < -0.39 is 43.4 Å². The summed E-state index contributed by atoms with van der Waals surface area (Å²) in [6.07, 6.45) is -1.45. The predicted octanol–water partition coefficient (Wildman–Crippen LogP) is 2.11. The number of benzene rings is 2. The molecular formula is C31H42N4O7. The SMILES string of the molecule is CC(C)=CCCC(C)=CCNC(=O)C(Nc1cccc(C(=N)N)c1)c1ccccc1OC1OC(CO)C(O)C(O)C1O. The number of hydrogen-bond donors (Lipinski definition) is 8. The first kappa shape index (κ1) is 32.8. The minimum absolute atomic E-state index is 0.125. The van der Waals surface area contributed by atoms with E-state index in [9.17, 15) is 25.2 Å². The van der Waals surface area contributed by atoms with Crippen LogP contribution in [0.15, 0.2) is 71.8 Å². The Labute approximate surface area is 246 Å². The third-order valence-electron chi connectivity index (χ3n) is 6.89. The van der Waals surface area contributed by atoms with E-state index in [1.165, 1.54) is 5.57 Å². The highest BCUT2D eigenvalue weighted by atomic mass is 16.7. The van der Waals surface area contributed by atoms with E-state index in [1.807, 2.05) is 13.0 Å². The molecule has 2 aromatic rings. The van der Waals surface area contributed by atoms with Gasteiger partial charge in [0.1, 0.15) is 42.0 Å². The lowest BCUT2D eigenvalue weighted by molar-refractivity contribution is -0.277. The van der Waals surface area contributed by atoms with Crippen LogP contribution < -0.4 is 21.1 Å². The number of carbonyl (C=O) groups is 1. The van der Waals surface area contributed by atoms with E-state index in [0.29, 0.717) is 23.4 Å². The zero-order valence-electron chi connectivity index (χ0n) is 24.2. The maximum absolute atomic E-state index is 13.6. The van der Waals surface area contributed by atoms with E-state index in [1.54, 1.807) is 48.5 Å². The summed E-state index contributed by atoms with van der Waals surface area (Å²) in [5, 5.41) is 54.3. The predicted molar refractivity (Wildman–Crippen MR) is 160 cm³/mol. The highest BCUT2D eigenvalue weighted by Gasteiger charge is 2.45. The number of ether oxygens (including phenoxy) is 2. The van der Waals surface area contributed by atoms with Crippen LogP contribution in [0, 0.1) is 5.41 Å². The molecule has 3 rings (SSSR count). The molecule has 0 spiro atoms. The van der Waals surface area contributed by atoms with Crippen molar-refractivity contribution in [3.8, 4) is 5.75 Å². The third-order valence-corrected chi connectivity index (χ3v) is 6.89. The number of aliphatic hydroxyl groups is 4. The van der Waals surface area contributed by atoms with Gasteiger partial charge in [-0.25, -0.2) is 0 Å². The maximum atomic E-state index is 13.6. The smallest absolute Gasteiger partial charge is 0.247 e. The van der Waals surface area contributed by atoms with Crippen LogP contribution in [-0.2, 0) is 9.53 Å². The Balaban J connectivity index is 1.88. The molecule has 1 saturated heterocycles. The lowest BCUT2D eigenvalue weighted by Crippen LogP contribution is -2.60. The molecule has 0 aromatic heterocycles. The molecule has 0 radical (unpaired) electrons. The minimum Gasteiger partial charge on any atom is -0.462 e. The van der Waals surface area contributed by atoms with Crippen molar-refractivity contribution in [1.29, 1.82) is 5.41 Å². The highest BCUT2D eigenvalue weighted by molar-refractivity contribution is 5.96. The molecule has 6 unspecified atom stereocenters. The summed E-state index contributed by atoms with van der Waals surface area (Å²) >= 11 is 0. The number of amides is 1. The molecule has 2 aromatic carbocycles. The fourth-order valence-corrected chi connectivity index (χ4v) is 4.46. The largest absolute Gasteiger partial charge is 0.462 e. The van der Waals surface area contributed by atoms with Gasteiger partial charge in [-0.3, -0.25) is 10.2 Å². The molecule has 11 nitrogen and oxygen atoms in total. The van der Waals surface area contributed by atoms with Gasteiger partial charge in [0.05, 0.1) is 6.61 Å². The summed E-state index contributed by atoms with van der Waals surface area (Å²) in [5.74, 6) is -0.327. The number of nitrogen functional groups attached to an aromatic ring is 1. The van der Waals surface area contributed by atoms with Crippen molar-refractivity contribution in [3.63, 3.8) is 0 Å². The first-order valence-electron chi connectivity index (χ1n) is 13.9. The third kappa shape index (κ3) is 8.88. The summed E-state index contributed by atoms with van der Waals surface area (Å²) < 4.78 is 11.5. The van der Waals surface area contributed by atoms with E-state index in [2.05, 4.69) is 30.6 Å². The number of rotatable bonds is 13. The second kappa shape index (κ2) is 15.5. The minimum atomic E-state index is -1.62. The van der Waals surface area contributed by atoms with Crippen molar-refractivity contribution >= 4 is 17.4 Å². The number of para-hydroxylation sites is 1. The Morgan fingerprint density at radius 2 is 1.81 bits per heavy atom. The Hall–Kier alpha value is -3.74. The molecule has 1 heterocycles. The Bertz CT molecular complexity index is 1280. The van der Waals surface area contributed by atoms with Crippen molar-refractivity contribution < 1.29 is 34.7 Å². The second-order valence-corrected chi connectivity index (χ2v) is 10.5. The topological polar surface area (TPSA) is 190 Å². The standard InChI is InChI=1S/C31H42N4O7/c1-18(2)8-6-9-19(3)14-15-34-30(40)25(35-21-11-7-10-20(16-21)29(32)33)22-12-4-5-13-23(22)41-31-28(39)27(38)26(37)24(17-36)42-31/h4-5,7-8,10-14,16,24-28,31,35-39H,6,9,15,17H2,1-3H3,(H3,32,33)(H,34,40). The van der Waals surface area contributed by atoms with Crippen molar-refractivity contribution in [1.82, 2.24) is 5.32 Å². The molecule has 228 valence electrons. The zero-order chi connectivity index (χ0) is 30.8. The van der Waals surface area contributed by atoms with E-state index in [0.717, 1.165) is 18.4 Å². The summed E-state index contributed by atoms with van der Waals surface area (Å²) in [5.41, 5.74) is 9.45. The molecular weight excluding hydrogens is 540 g/mol. The van der Waals surface area contributed by atoms with E-state index >= 15 is 0 Å². The summed E-state index contributed by atoms with van der Waals surface area (Å²) in [6.45, 7) is 5.81. The van der Waals surface area contributed by atoms with Crippen LogP contribution in [-0.4, -0.2) is 76.0 Å². The maximum Gasteiger partial charge on any atom is 0.247 e. The van der Waals surface area contributed by atoms with Crippen LogP contribution in [0.3, 0.4) is 0 Å². The van der Waals surface area contributed by atoms with E-state index in [4.69, 9.17) is 20.6 Å². The zero-order valence-corrected chi connectivity index (χ0v) is 24.2. The molecule has 6 atom stereocenters. The average molecular weight is 583 g/mol. The second-order valence-electron chi connectivity index (χ2n) is 10.5. The molecule has 1 aliphatic rings. The monoisotopic (exact) mass is 582 g/mol.